The first kappa shape index (κ1) is 21.3. The normalized spacial score (nSPS) is 13.8. The second-order valence-electron chi connectivity index (χ2n) is 6.55. The molecule has 28 heavy (non-hydrogen) atoms. The molecule has 0 radical (unpaired) electrons. The van der Waals surface area contributed by atoms with Gasteiger partial charge in [0.05, 0.1) is 15.5 Å². The van der Waals surface area contributed by atoms with E-state index in [1.54, 1.807) is 25.2 Å². The summed E-state index contributed by atoms with van der Waals surface area (Å²) >= 11 is 7.76. The quantitative estimate of drug-likeness (QED) is 0.686. The molecule has 1 aromatic heterocycles. The molecule has 0 bridgehead atoms. The van der Waals surface area contributed by atoms with Crippen LogP contribution in [0.5, 0.6) is 0 Å². The van der Waals surface area contributed by atoms with Crippen LogP contribution in [-0.2, 0) is 29.4 Å². The zero-order valence-electron chi connectivity index (χ0n) is 15.9. The van der Waals surface area contributed by atoms with E-state index in [2.05, 4.69) is 5.32 Å². The van der Waals surface area contributed by atoms with Crippen LogP contribution < -0.4 is 11.1 Å². The highest BCUT2D eigenvalue weighted by Gasteiger charge is 2.26. The molecule has 0 saturated heterocycles. The van der Waals surface area contributed by atoms with Gasteiger partial charge in [-0.3, -0.25) is 4.79 Å². The van der Waals surface area contributed by atoms with Crippen LogP contribution in [0.4, 0.5) is 5.00 Å². The number of benzene rings is 1. The third kappa shape index (κ3) is 3.84. The molecule has 0 saturated carbocycles. The zero-order chi connectivity index (χ0) is 20.5. The molecule has 0 aliphatic heterocycles. The van der Waals surface area contributed by atoms with Gasteiger partial charge >= 0.3 is 0 Å². The van der Waals surface area contributed by atoms with Crippen molar-refractivity contribution in [1.82, 2.24) is 4.31 Å². The van der Waals surface area contributed by atoms with E-state index in [1.807, 2.05) is 0 Å². The summed E-state index contributed by atoms with van der Waals surface area (Å²) in [7, 11) is -3.68. The number of carbonyl (C=O) groups is 1. The molecule has 3 N–H and O–H groups in total. The van der Waals surface area contributed by atoms with Gasteiger partial charge in [0.2, 0.25) is 10.0 Å². The van der Waals surface area contributed by atoms with E-state index in [1.165, 1.54) is 32.9 Å². The molecule has 6 nitrogen and oxygen atoms in total. The van der Waals surface area contributed by atoms with Crippen molar-refractivity contribution in [3.63, 3.8) is 0 Å². The van der Waals surface area contributed by atoms with E-state index < -0.39 is 15.9 Å². The molecule has 3 rings (SSSR count). The van der Waals surface area contributed by atoms with Gasteiger partial charge in [-0.15, -0.1) is 11.3 Å². The van der Waals surface area contributed by atoms with Gasteiger partial charge in [0.1, 0.15) is 5.00 Å². The molecular weight excluding hydrogens is 418 g/mol. The van der Waals surface area contributed by atoms with Crippen molar-refractivity contribution in [3.8, 4) is 0 Å². The fourth-order valence-electron chi connectivity index (χ4n) is 3.51. The maximum Gasteiger partial charge on any atom is 0.257 e. The highest BCUT2D eigenvalue weighted by molar-refractivity contribution is 7.89. The number of amides is 1. The fraction of sp³-hybridized carbons (Fsp3) is 0.421. The summed E-state index contributed by atoms with van der Waals surface area (Å²) in [5, 5.41) is 3.82. The summed E-state index contributed by atoms with van der Waals surface area (Å²) in [6.07, 6.45) is 3.09. The maximum atomic E-state index is 12.9. The summed E-state index contributed by atoms with van der Waals surface area (Å²) < 4.78 is 26.9. The van der Waals surface area contributed by atoms with Gasteiger partial charge in [-0.2, -0.15) is 4.31 Å². The number of fused-ring (bicyclic) bond motifs is 1. The van der Waals surface area contributed by atoms with E-state index in [-0.39, 0.29) is 15.5 Å². The molecular formula is C19H24ClN3O3S2. The van der Waals surface area contributed by atoms with Crippen molar-refractivity contribution in [2.45, 2.75) is 44.6 Å². The Bertz CT molecular complexity index is 998. The molecule has 1 aromatic carbocycles. The summed E-state index contributed by atoms with van der Waals surface area (Å²) in [5.74, 6) is -0.434. The highest BCUT2D eigenvalue weighted by Crippen LogP contribution is 2.39. The standard InChI is InChI=1S/C19H24ClN3O3S2/c1-3-23(4-2)28(25,26)12-8-9-16(20)14(10-12)18(24)22-19-15(11-21)13-6-5-7-17(13)27-19/h8-10H,3-7,11,21H2,1-2H3,(H,22,24). The monoisotopic (exact) mass is 441 g/mol. The van der Waals surface area contributed by atoms with Crippen LogP contribution in [0.3, 0.4) is 0 Å². The second kappa shape index (κ2) is 8.51. The van der Waals surface area contributed by atoms with Gasteiger partial charge in [0, 0.05) is 30.1 Å². The minimum absolute atomic E-state index is 0.0541. The number of nitrogens with zero attached hydrogens (tertiary/aromatic N) is 1. The lowest BCUT2D eigenvalue weighted by molar-refractivity contribution is 0.102. The Hall–Kier alpha value is -1.45. The lowest BCUT2D eigenvalue weighted by atomic mass is 10.1. The van der Waals surface area contributed by atoms with E-state index in [4.69, 9.17) is 17.3 Å². The first-order valence-electron chi connectivity index (χ1n) is 9.27. The van der Waals surface area contributed by atoms with Gasteiger partial charge in [0.25, 0.3) is 5.91 Å². The van der Waals surface area contributed by atoms with Gasteiger partial charge in [-0.05, 0) is 43.0 Å². The Kier molecular flexibility index (Phi) is 6.46. The predicted octanol–water partition coefficient (Wildman–Crippen LogP) is 3.63. The lowest BCUT2D eigenvalue weighted by Gasteiger charge is -2.19. The number of hydrogen-bond acceptors (Lipinski definition) is 5. The van der Waals surface area contributed by atoms with Gasteiger partial charge in [-0.1, -0.05) is 25.4 Å². The molecule has 0 atom stereocenters. The number of aryl methyl sites for hydroxylation is 1. The van der Waals surface area contributed by atoms with Crippen LogP contribution in [-0.4, -0.2) is 31.7 Å². The third-order valence-corrected chi connectivity index (χ3v) is 8.61. The first-order chi connectivity index (χ1) is 13.3. The number of thiophene rings is 1. The van der Waals surface area contributed by atoms with Gasteiger partial charge in [0.15, 0.2) is 0 Å². The maximum absolute atomic E-state index is 12.9. The van der Waals surface area contributed by atoms with E-state index in [9.17, 15) is 13.2 Å². The smallest absolute Gasteiger partial charge is 0.257 e. The summed E-state index contributed by atoms with van der Waals surface area (Å²) in [5.41, 5.74) is 8.24. The van der Waals surface area contributed by atoms with Gasteiger partial charge < -0.3 is 11.1 Å². The summed E-state index contributed by atoms with van der Waals surface area (Å²) in [4.78, 5) is 14.2. The molecule has 1 aliphatic rings. The number of hydrogen-bond donors (Lipinski definition) is 2. The van der Waals surface area contributed by atoms with Crippen LogP contribution in [0, 0.1) is 0 Å². The molecule has 152 valence electrons. The lowest BCUT2D eigenvalue weighted by Crippen LogP contribution is -2.30. The second-order valence-corrected chi connectivity index (χ2v) is 10.0. The van der Waals surface area contributed by atoms with Crippen molar-refractivity contribution in [2.75, 3.05) is 18.4 Å². The Morgan fingerprint density at radius 1 is 1.29 bits per heavy atom. The van der Waals surface area contributed by atoms with Gasteiger partial charge in [-0.25, -0.2) is 8.42 Å². The van der Waals surface area contributed by atoms with Crippen molar-refractivity contribution in [3.05, 3.63) is 44.8 Å². The predicted molar refractivity (Wildman–Crippen MR) is 114 cm³/mol. The summed E-state index contributed by atoms with van der Waals surface area (Å²) in [6, 6.07) is 4.22. The van der Waals surface area contributed by atoms with E-state index in [0.29, 0.717) is 19.6 Å². The van der Waals surface area contributed by atoms with Crippen molar-refractivity contribution in [1.29, 1.82) is 0 Å². The average molecular weight is 442 g/mol. The van der Waals surface area contributed by atoms with Crippen LogP contribution >= 0.6 is 22.9 Å². The average Bonchev–Trinajstić information content (AvgIpc) is 3.23. The van der Waals surface area contributed by atoms with E-state index in [0.717, 1.165) is 29.8 Å². The van der Waals surface area contributed by atoms with Crippen molar-refractivity contribution >= 4 is 43.9 Å². The van der Waals surface area contributed by atoms with Crippen LogP contribution in [0.2, 0.25) is 5.02 Å². The molecule has 1 aliphatic carbocycles. The molecule has 1 amide bonds. The highest BCUT2D eigenvalue weighted by atomic mass is 35.5. The Morgan fingerprint density at radius 2 is 2.00 bits per heavy atom. The zero-order valence-corrected chi connectivity index (χ0v) is 18.3. The minimum atomic E-state index is -3.68. The van der Waals surface area contributed by atoms with Crippen LogP contribution in [0.1, 0.15) is 46.6 Å². The number of nitrogens with two attached hydrogens (primary N) is 1. The third-order valence-electron chi connectivity index (χ3n) is 4.99. The number of anilines is 1. The number of sulfonamides is 1. The SMILES string of the molecule is CCN(CC)S(=O)(=O)c1ccc(Cl)c(C(=O)Nc2sc3c(c2CN)CCC3)c1. The van der Waals surface area contributed by atoms with Crippen molar-refractivity contribution < 1.29 is 13.2 Å². The molecule has 0 spiro atoms. The summed E-state index contributed by atoms with van der Waals surface area (Å²) in [6.45, 7) is 4.60. The molecule has 2 aromatic rings. The Labute approximate surface area is 174 Å². The Balaban J connectivity index is 1.93. The molecule has 9 heteroatoms. The van der Waals surface area contributed by atoms with E-state index >= 15 is 0 Å². The molecule has 0 fully saturated rings. The number of carbonyl (C=O) groups excluding carboxylic acids is 1. The number of nitrogens with one attached hydrogen (secondary N) is 1. The number of halogens is 1. The minimum Gasteiger partial charge on any atom is -0.326 e. The molecule has 1 heterocycles. The topological polar surface area (TPSA) is 92.5 Å². The first-order valence-corrected chi connectivity index (χ1v) is 11.9. The Morgan fingerprint density at radius 3 is 2.64 bits per heavy atom. The largest absolute Gasteiger partial charge is 0.326 e. The van der Waals surface area contributed by atoms with Crippen LogP contribution in [0.15, 0.2) is 23.1 Å². The fourth-order valence-corrected chi connectivity index (χ4v) is 6.51. The van der Waals surface area contributed by atoms with Crippen molar-refractivity contribution in [2.24, 2.45) is 5.73 Å². The van der Waals surface area contributed by atoms with Crippen LogP contribution in [0.25, 0.3) is 0 Å². The number of rotatable bonds is 7. The molecule has 0 unspecified atom stereocenters.